The average molecular weight is 337 g/mol. The number of anilines is 2. The predicted octanol–water partition coefficient (Wildman–Crippen LogP) is 3.47. The number of hydrogen-bond acceptors (Lipinski definition) is 5. The lowest BCUT2D eigenvalue weighted by atomic mass is 10.2. The highest BCUT2D eigenvalue weighted by Gasteiger charge is 2.10. The van der Waals surface area contributed by atoms with Crippen LogP contribution >= 0.6 is 0 Å². The van der Waals surface area contributed by atoms with Crippen LogP contribution in [0.2, 0.25) is 0 Å². The molecule has 0 aromatic heterocycles. The number of rotatable bonds is 6. The molecule has 0 saturated carbocycles. The zero-order valence-corrected chi connectivity index (χ0v) is 14.3. The van der Waals surface area contributed by atoms with Crippen molar-refractivity contribution in [3.05, 3.63) is 59.8 Å². The van der Waals surface area contributed by atoms with E-state index < -0.39 is 5.91 Å². The Morgan fingerprint density at radius 3 is 2.48 bits per heavy atom. The largest absolute Gasteiger partial charge is 0.493 e. The highest BCUT2D eigenvalue weighted by Crippen LogP contribution is 2.29. The summed E-state index contributed by atoms with van der Waals surface area (Å²) in [7, 11) is 3.09. The second kappa shape index (κ2) is 8.41. The summed E-state index contributed by atoms with van der Waals surface area (Å²) in [4.78, 5) is 12.2. The molecule has 0 aliphatic carbocycles. The van der Waals surface area contributed by atoms with Gasteiger partial charge < -0.3 is 20.1 Å². The standard InChI is InChI=1S/C19H19N3O3/c1-13-5-4-6-16(9-13)22-19(23)14(11-20)12-21-15-7-8-17(24-2)18(10-15)25-3/h4-10,12,21H,1-3H3,(H,22,23)/b14-12-. The van der Waals surface area contributed by atoms with Gasteiger partial charge in [-0.25, -0.2) is 0 Å². The molecule has 2 aromatic rings. The fourth-order valence-corrected chi connectivity index (χ4v) is 2.15. The Balaban J connectivity index is 2.12. The van der Waals surface area contributed by atoms with E-state index in [0.29, 0.717) is 22.9 Å². The molecule has 6 heteroatoms. The van der Waals surface area contributed by atoms with Crippen LogP contribution in [0.5, 0.6) is 11.5 Å². The molecule has 0 spiro atoms. The van der Waals surface area contributed by atoms with Gasteiger partial charge in [-0.3, -0.25) is 4.79 Å². The Kier molecular flexibility index (Phi) is 6.02. The van der Waals surface area contributed by atoms with Crippen LogP contribution in [0.3, 0.4) is 0 Å². The minimum atomic E-state index is -0.485. The number of ether oxygens (including phenoxy) is 2. The quantitative estimate of drug-likeness (QED) is 0.623. The van der Waals surface area contributed by atoms with Crippen molar-refractivity contribution in [2.24, 2.45) is 0 Å². The Hall–Kier alpha value is -3.46. The van der Waals surface area contributed by atoms with Gasteiger partial charge in [0.2, 0.25) is 0 Å². The molecule has 0 unspecified atom stereocenters. The van der Waals surface area contributed by atoms with Crippen molar-refractivity contribution >= 4 is 17.3 Å². The Morgan fingerprint density at radius 1 is 1.08 bits per heavy atom. The lowest BCUT2D eigenvalue weighted by Crippen LogP contribution is -2.14. The van der Waals surface area contributed by atoms with Crippen LogP contribution < -0.4 is 20.1 Å². The van der Waals surface area contributed by atoms with Crippen molar-refractivity contribution in [3.8, 4) is 17.6 Å². The van der Waals surface area contributed by atoms with Crippen molar-refractivity contribution in [2.75, 3.05) is 24.9 Å². The van der Waals surface area contributed by atoms with Crippen molar-refractivity contribution in [3.63, 3.8) is 0 Å². The van der Waals surface area contributed by atoms with Gasteiger partial charge >= 0.3 is 0 Å². The van der Waals surface area contributed by atoms with Crippen LogP contribution in [0, 0.1) is 18.3 Å². The Labute approximate surface area is 146 Å². The van der Waals surface area contributed by atoms with E-state index in [4.69, 9.17) is 9.47 Å². The lowest BCUT2D eigenvalue weighted by Gasteiger charge is -2.10. The van der Waals surface area contributed by atoms with E-state index in [1.54, 1.807) is 31.4 Å². The average Bonchev–Trinajstić information content (AvgIpc) is 2.62. The molecule has 128 valence electrons. The number of methoxy groups -OCH3 is 2. The molecule has 0 fully saturated rings. The van der Waals surface area contributed by atoms with Crippen LogP contribution in [-0.4, -0.2) is 20.1 Å². The third kappa shape index (κ3) is 4.75. The number of carbonyl (C=O) groups excluding carboxylic acids is 1. The predicted molar refractivity (Wildman–Crippen MR) is 96.7 cm³/mol. The molecule has 0 radical (unpaired) electrons. The van der Waals surface area contributed by atoms with E-state index >= 15 is 0 Å². The molecule has 25 heavy (non-hydrogen) atoms. The highest BCUT2D eigenvalue weighted by molar-refractivity contribution is 6.06. The summed E-state index contributed by atoms with van der Waals surface area (Å²) < 4.78 is 10.4. The maximum Gasteiger partial charge on any atom is 0.267 e. The summed E-state index contributed by atoms with van der Waals surface area (Å²) in [6.07, 6.45) is 1.35. The van der Waals surface area contributed by atoms with Gasteiger partial charge in [-0.1, -0.05) is 12.1 Å². The maximum absolute atomic E-state index is 12.2. The van der Waals surface area contributed by atoms with Gasteiger partial charge in [-0.05, 0) is 36.8 Å². The summed E-state index contributed by atoms with van der Waals surface area (Å²) in [6.45, 7) is 1.93. The second-order valence-electron chi connectivity index (χ2n) is 5.21. The summed E-state index contributed by atoms with van der Waals surface area (Å²) >= 11 is 0. The zero-order chi connectivity index (χ0) is 18.2. The minimum absolute atomic E-state index is 0.0451. The number of benzene rings is 2. The Morgan fingerprint density at radius 2 is 1.84 bits per heavy atom. The second-order valence-corrected chi connectivity index (χ2v) is 5.21. The molecule has 0 bridgehead atoms. The molecular formula is C19H19N3O3. The molecule has 0 atom stereocenters. The van der Waals surface area contributed by atoms with E-state index in [9.17, 15) is 10.1 Å². The number of carbonyl (C=O) groups is 1. The molecule has 6 nitrogen and oxygen atoms in total. The third-order valence-corrected chi connectivity index (χ3v) is 3.41. The molecule has 0 saturated heterocycles. The smallest absolute Gasteiger partial charge is 0.267 e. The molecule has 2 aromatic carbocycles. The lowest BCUT2D eigenvalue weighted by molar-refractivity contribution is -0.112. The summed E-state index contributed by atoms with van der Waals surface area (Å²) in [5.74, 6) is 0.652. The van der Waals surface area contributed by atoms with Crippen molar-refractivity contribution in [2.45, 2.75) is 6.92 Å². The first-order valence-corrected chi connectivity index (χ1v) is 7.54. The van der Waals surface area contributed by atoms with Gasteiger partial charge in [0.15, 0.2) is 11.5 Å². The monoisotopic (exact) mass is 337 g/mol. The van der Waals surface area contributed by atoms with E-state index in [1.165, 1.54) is 13.3 Å². The summed E-state index contributed by atoms with van der Waals surface area (Å²) in [5.41, 5.74) is 2.27. The van der Waals surface area contributed by atoms with Gasteiger partial charge in [0.25, 0.3) is 5.91 Å². The fraction of sp³-hybridized carbons (Fsp3) is 0.158. The van der Waals surface area contributed by atoms with Crippen molar-refractivity contribution < 1.29 is 14.3 Å². The number of nitriles is 1. The van der Waals surface area contributed by atoms with Crippen LogP contribution in [0.25, 0.3) is 0 Å². The number of hydrogen-bond donors (Lipinski definition) is 2. The van der Waals surface area contributed by atoms with Crippen molar-refractivity contribution in [1.29, 1.82) is 5.26 Å². The summed E-state index contributed by atoms with van der Waals surface area (Å²) in [5, 5.41) is 14.8. The molecule has 2 N–H and O–H groups in total. The number of nitrogens with one attached hydrogen (secondary N) is 2. The molecule has 0 aliphatic heterocycles. The van der Waals surface area contributed by atoms with Gasteiger partial charge in [0.1, 0.15) is 11.6 Å². The maximum atomic E-state index is 12.2. The van der Waals surface area contributed by atoms with Crippen molar-refractivity contribution in [1.82, 2.24) is 0 Å². The summed E-state index contributed by atoms with van der Waals surface area (Å²) in [6, 6.07) is 14.4. The number of amides is 1. The van der Waals surface area contributed by atoms with Crippen LogP contribution in [0.15, 0.2) is 54.2 Å². The van der Waals surface area contributed by atoms with E-state index in [2.05, 4.69) is 10.6 Å². The molecule has 0 aliphatic rings. The first kappa shape index (κ1) is 17.9. The van der Waals surface area contributed by atoms with E-state index in [0.717, 1.165) is 5.56 Å². The highest BCUT2D eigenvalue weighted by atomic mass is 16.5. The normalized spacial score (nSPS) is 10.6. The zero-order valence-electron chi connectivity index (χ0n) is 14.3. The van der Waals surface area contributed by atoms with Gasteiger partial charge in [0, 0.05) is 23.6 Å². The van der Waals surface area contributed by atoms with Crippen LogP contribution in [-0.2, 0) is 4.79 Å². The van der Waals surface area contributed by atoms with E-state index in [1.807, 2.05) is 31.2 Å². The Bertz CT molecular complexity index is 838. The molecule has 1 amide bonds. The van der Waals surface area contributed by atoms with Gasteiger partial charge in [-0.15, -0.1) is 0 Å². The first-order chi connectivity index (χ1) is 12.1. The van der Waals surface area contributed by atoms with Gasteiger partial charge in [-0.2, -0.15) is 5.26 Å². The van der Waals surface area contributed by atoms with Crippen LogP contribution in [0.1, 0.15) is 5.56 Å². The topological polar surface area (TPSA) is 83.4 Å². The van der Waals surface area contributed by atoms with Crippen LogP contribution in [0.4, 0.5) is 11.4 Å². The third-order valence-electron chi connectivity index (χ3n) is 3.41. The first-order valence-electron chi connectivity index (χ1n) is 7.54. The SMILES string of the molecule is COc1ccc(N/C=C(/C#N)C(=O)Nc2cccc(C)c2)cc1OC. The van der Waals surface area contributed by atoms with Gasteiger partial charge in [0.05, 0.1) is 14.2 Å². The fourth-order valence-electron chi connectivity index (χ4n) is 2.15. The molecule has 0 heterocycles. The van der Waals surface area contributed by atoms with E-state index in [-0.39, 0.29) is 5.57 Å². The minimum Gasteiger partial charge on any atom is -0.493 e. The number of nitrogens with zero attached hydrogens (tertiary/aromatic N) is 1. The molecule has 2 rings (SSSR count). The molecular weight excluding hydrogens is 318 g/mol. The number of aryl methyl sites for hydroxylation is 1.